The van der Waals surface area contributed by atoms with Crippen LogP contribution in [0.5, 0.6) is 5.75 Å². The second-order valence-electron chi connectivity index (χ2n) is 4.80. The van der Waals surface area contributed by atoms with E-state index in [1.807, 2.05) is 25.9 Å². The quantitative estimate of drug-likeness (QED) is 0.731. The molecule has 0 bridgehead atoms. The predicted molar refractivity (Wildman–Crippen MR) is 80.4 cm³/mol. The third-order valence-corrected chi connectivity index (χ3v) is 4.45. The fourth-order valence-corrected chi connectivity index (χ4v) is 2.80. The van der Waals surface area contributed by atoms with E-state index in [1.165, 1.54) is 6.07 Å². The van der Waals surface area contributed by atoms with Crippen molar-refractivity contribution in [2.24, 2.45) is 0 Å². The van der Waals surface area contributed by atoms with Crippen molar-refractivity contribution >= 4 is 15.7 Å². The molecule has 7 heteroatoms. The molecule has 0 heterocycles. The van der Waals surface area contributed by atoms with Crippen molar-refractivity contribution in [2.75, 3.05) is 33.0 Å². The number of ether oxygens (including phenoxy) is 1. The van der Waals surface area contributed by atoms with Gasteiger partial charge in [0.2, 0.25) is 10.0 Å². The van der Waals surface area contributed by atoms with Gasteiger partial charge in [-0.1, -0.05) is 0 Å². The molecular weight excluding hydrogens is 278 g/mol. The lowest BCUT2D eigenvalue weighted by Gasteiger charge is -2.20. The summed E-state index contributed by atoms with van der Waals surface area (Å²) in [6.45, 7) is 4.44. The van der Waals surface area contributed by atoms with Gasteiger partial charge in [0, 0.05) is 18.3 Å². The number of nitrogens with one attached hydrogen (secondary N) is 1. The zero-order valence-corrected chi connectivity index (χ0v) is 13.2. The van der Waals surface area contributed by atoms with Gasteiger partial charge in [0.25, 0.3) is 0 Å². The molecule has 0 aliphatic carbocycles. The molecular formula is C13H23N3O3S. The molecule has 0 fully saturated rings. The highest BCUT2D eigenvalue weighted by atomic mass is 32.2. The van der Waals surface area contributed by atoms with Gasteiger partial charge in [0.05, 0.1) is 6.61 Å². The first-order valence-corrected chi connectivity index (χ1v) is 7.94. The Balaban J connectivity index is 2.99. The summed E-state index contributed by atoms with van der Waals surface area (Å²) < 4.78 is 32.6. The van der Waals surface area contributed by atoms with Crippen molar-refractivity contribution in [2.45, 2.75) is 24.8 Å². The fourth-order valence-electron chi connectivity index (χ4n) is 1.50. The Morgan fingerprint density at radius 2 is 2.05 bits per heavy atom. The molecule has 20 heavy (non-hydrogen) atoms. The Morgan fingerprint density at radius 3 is 2.60 bits per heavy atom. The molecule has 0 aliphatic heterocycles. The molecule has 6 nitrogen and oxygen atoms in total. The predicted octanol–water partition coefficient (Wildman–Crippen LogP) is 0.896. The Morgan fingerprint density at radius 1 is 1.40 bits per heavy atom. The number of hydrogen-bond donors (Lipinski definition) is 2. The summed E-state index contributed by atoms with van der Waals surface area (Å²) >= 11 is 0. The molecule has 1 aromatic carbocycles. The summed E-state index contributed by atoms with van der Waals surface area (Å²) in [4.78, 5) is 2.01. The molecule has 0 aromatic heterocycles. The van der Waals surface area contributed by atoms with Crippen molar-refractivity contribution in [3.8, 4) is 5.75 Å². The lowest BCUT2D eigenvalue weighted by Crippen LogP contribution is -2.38. The van der Waals surface area contributed by atoms with E-state index in [2.05, 4.69) is 4.72 Å². The average Bonchev–Trinajstić information content (AvgIpc) is 2.38. The van der Waals surface area contributed by atoms with Gasteiger partial charge >= 0.3 is 0 Å². The van der Waals surface area contributed by atoms with Crippen molar-refractivity contribution in [1.29, 1.82) is 0 Å². The number of likely N-dealkylation sites (N-methyl/N-ethyl adjacent to an activating group) is 1. The maximum atomic E-state index is 12.3. The van der Waals surface area contributed by atoms with Crippen LogP contribution in [0.4, 0.5) is 5.69 Å². The number of nitrogens with zero attached hydrogens (tertiary/aromatic N) is 1. The van der Waals surface area contributed by atoms with Gasteiger partial charge in [-0.25, -0.2) is 13.1 Å². The van der Waals surface area contributed by atoms with Gasteiger partial charge in [-0.15, -0.1) is 0 Å². The summed E-state index contributed by atoms with van der Waals surface area (Å²) in [7, 11) is 0.142. The molecule has 3 N–H and O–H groups in total. The minimum atomic E-state index is -3.65. The summed E-state index contributed by atoms with van der Waals surface area (Å²) in [6, 6.07) is 4.68. The zero-order chi connectivity index (χ0) is 15.3. The van der Waals surface area contributed by atoms with Crippen LogP contribution in [0.3, 0.4) is 0 Å². The largest absolute Gasteiger partial charge is 0.492 e. The highest BCUT2D eigenvalue weighted by Gasteiger charge is 2.21. The topological polar surface area (TPSA) is 84.7 Å². The maximum absolute atomic E-state index is 12.3. The normalized spacial score (nSPS) is 13.4. The lowest BCUT2D eigenvalue weighted by molar-refractivity contribution is 0.313. The molecule has 0 saturated heterocycles. The second-order valence-corrected chi connectivity index (χ2v) is 6.54. The maximum Gasteiger partial charge on any atom is 0.244 e. The van der Waals surface area contributed by atoms with Crippen LogP contribution in [0.1, 0.15) is 13.8 Å². The van der Waals surface area contributed by atoms with Crippen LogP contribution in [0.25, 0.3) is 0 Å². The van der Waals surface area contributed by atoms with Crippen molar-refractivity contribution < 1.29 is 13.2 Å². The zero-order valence-electron chi connectivity index (χ0n) is 12.4. The Hall–Kier alpha value is -1.31. The first-order valence-electron chi connectivity index (χ1n) is 6.46. The van der Waals surface area contributed by atoms with Crippen molar-refractivity contribution in [3.63, 3.8) is 0 Å². The van der Waals surface area contributed by atoms with Crippen LogP contribution in [-0.4, -0.2) is 46.6 Å². The Labute approximate surface area is 121 Å². The molecule has 0 amide bonds. The van der Waals surface area contributed by atoms with Gasteiger partial charge in [-0.2, -0.15) is 0 Å². The van der Waals surface area contributed by atoms with E-state index in [1.54, 1.807) is 19.1 Å². The molecule has 0 aliphatic rings. The molecule has 0 radical (unpaired) electrons. The van der Waals surface area contributed by atoms with E-state index < -0.39 is 10.0 Å². The second kappa shape index (κ2) is 6.92. The smallest absolute Gasteiger partial charge is 0.244 e. The minimum Gasteiger partial charge on any atom is -0.492 e. The van der Waals surface area contributed by atoms with E-state index in [4.69, 9.17) is 10.5 Å². The number of benzene rings is 1. The van der Waals surface area contributed by atoms with Crippen LogP contribution < -0.4 is 15.2 Å². The minimum absolute atomic E-state index is 0.0744. The first kappa shape index (κ1) is 16.7. The standard InChI is InChI=1S/C13H23N3O3S/c1-5-19-12-7-6-11(14)8-13(12)20(17,18)15-9-10(2)16(3)4/h6-8,10,15H,5,9,14H2,1-4H3. The van der Waals surface area contributed by atoms with Crippen molar-refractivity contribution in [3.05, 3.63) is 18.2 Å². The monoisotopic (exact) mass is 301 g/mol. The van der Waals surface area contributed by atoms with Gasteiger partial charge in [0.15, 0.2) is 0 Å². The fraction of sp³-hybridized carbons (Fsp3) is 0.538. The van der Waals surface area contributed by atoms with E-state index in [9.17, 15) is 8.42 Å². The SMILES string of the molecule is CCOc1ccc(N)cc1S(=O)(=O)NCC(C)N(C)C. The number of nitrogen functional groups attached to an aromatic ring is 1. The molecule has 1 rings (SSSR count). The van der Waals surface area contributed by atoms with E-state index in [0.29, 0.717) is 24.6 Å². The molecule has 0 saturated carbocycles. The molecule has 1 atom stereocenters. The van der Waals surface area contributed by atoms with Crippen molar-refractivity contribution in [1.82, 2.24) is 9.62 Å². The molecule has 114 valence electrons. The number of rotatable bonds is 7. The van der Waals surface area contributed by atoms with E-state index >= 15 is 0 Å². The molecule has 0 spiro atoms. The summed E-state index contributed by atoms with van der Waals surface area (Å²) in [5.74, 6) is 0.312. The highest BCUT2D eigenvalue weighted by molar-refractivity contribution is 7.89. The number of hydrogen-bond acceptors (Lipinski definition) is 5. The van der Waals surface area contributed by atoms with Crippen LogP contribution in [0, 0.1) is 0 Å². The third-order valence-electron chi connectivity index (χ3n) is 3.01. The summed E-state index contributed by atoms with van der Waals surface area (Å²) in [5.41, 5.74) is 6.05. The number of nitrogens with two attached hydrogens (primary N) is 1. The average molecular weight is 301 g/mol. The van der Waals surface area contributed by atoms with E-state index in [-0.39, 0.29) is 10.9 Å². The summed E-state index contributed by atoms with van der Waals surface area (Å²) in [5, 5.41) is 0. The lowest BCUT2D eigenvalue weighted by atomic mass is 10.3. The summed E-state index contributed by atoms with van der Waals surface area (Å²) in [6.07, 6.45) is 0. The molecule has 1 aromatic rings. The van der Waals surface area contributed by atoms with Gasteiger partial charge < -0.3 is 15.4 Å². The van der Waals surface area contributed by atoms with Crippen LogP contribution in [0.2, 0.25) is 0 Å². The van der Waals surface area contributed by atoms with E-state index in [0.717, 1.165) is 0 Å². The number of anilines is 1. The van der Waals surface area contributed by atoms with Crippen LogP contribution in [0.15, 0.2) is 23.1 Å². The van der Waals surface area contributed by atoms with Crippen LogP contribution in [-0.2, 0) is 10.0 Å². The third kappa shape index (κ3) is 4.36. The Bertz CT molecular complexity index is 544. The van der Waals surface area contributed by atoms with Gasteiger partial charge in [0.1, 0.15) is 10.6 Å². The van der Waals surface area contributed by atoms with Gasteiger partial charge in [-0.05, 0) is 46.1 Å². The number of sulfonamides is 1. The highest BCUT2D eigenvalue weighted by Crippen LogP contribution is 2.26. The van der Waals surface area contributed by atoms with Crippen LogP contribution >= 0.6 is 0 Å². The molecule has 1 unspecified atom stereocenters. The van der Waals surface area contributed by atoms with Gasteiger partial charge in [-0.3, -0.25) is 0 Å². The first-order chi connectivity index (χ1) is 9.27. The Kier molecular flexibility index (Phi) is 5.79.